The molecule has 0 aromatic heterocycles. The summed E-state index contributed by atoms with van der Waals surface area (Å²) in [7, 11) is 0. The van der Waals surface area contributed by atoms with Crippen LogP contribution in [0.4, 0.5) is 5.69 Å². The second kappa shape index (κ2) is 7.20. The normalized spacial score (nSPS) is 21.8. The van der Waals surface area contributed by atoms with Crippen LogP contribution in [-0.2, 0) is 16.0 Å². The number of hydrogen-bond donors (Lipinski definition) is 2. The van der Waals surface area contributed by atoms with Gasteiger partial charge in [-0.2, -0.15) is 0 Å². The van der Waals surface area contributed by atoms with E-state index >= 15 is 0 Å². The average molecular weight is 349 g/mol. The molecule has 0 unspecified atom stereocenters. The second-order valence-corrected chi connectivity index (χ2v) is 6.97. The molecule has 2 amide bonds. The SMILES string of the molecule is O=C(CN1CCc2ccccc21)N[C@H]1CCC(=O)N[C@@H]1c1ccccc1. The topological polar surface area (TPSA) is 61.4 Å². The lowest BCUT2D eigenvalue weighted by atomic mass is 9.92. The lowest BCUT2D eigenvalue weighted by molar-refractivity contribution is -0.126. The number of carbonyl (C=O) groups excluding carboxylic acids is 2. The molecule has 26 heavy (non-hydrogen) atoms. The molecule has 5 nitrogen and oxygen atoms in total. The summed E-state index contributed by atoms with van der Waals surface area (Å²) in [4.78, 5) is 26.7. The number of nitrogens with zero attached hydrogens (tertiary/aromatic N) is 1. The first-order valence-corrected chi connectivity index (χ1v) is 9.17. The van der Waals surface area contributed by atoms with Crippen molar-refractivity contribution in [1.29, 1.82) is 0 Å². The summed E-state index contributed by atoms with van der Waals surface area (Å²) in [5, 5.41) is 6.18. The molecule has 4 rings (SSSR count). The van der Waals surface area contributed by atoms with Gasteiger partial charge < -0.3 is 15.5 Å². The molecule has 2 aliphatic rings. The zero-order valence-electron chi connectivity index (χ0n) is 14.7. The molecule has 0 radical (unpaired) electrons. The van der Waals surface area contributed by atoms with Crippen LogP contribution in [0.3, 0.4) is 0 Å². The van der Waals surface area contributed by atoms with Crippen LogP contribution < -0.4 is 15.5 Å². The molecule has 5 heteroatoms. The van der Waals surface area contributed by atoms with Gasteiger partial charge in [-0.1, -0.05) is 48.5 Å². The number of anilines is 1. The van der Waals surface area contributed by atoms with Gasteiger partial charge in [0.2, 0.25) is 11.8 Å². The molecule has 2 heterocycles. The Morgan fingerprint density at radius 2 is 1.85 bits per heavy atom. The number of para-hydroxylation sites is 1. The first kappa shape index (κ1) is 16.6. The molecule has 134 valence electrons. The Balaban J connectivity index is 1.44. The number of rotatable bonds is 4. The van der Waals surface area contributed by atoms with Gasteiger partial charge in [-0.25, -0.2) is 0 Å². The van der Waals surface area contributed by atoms with E-state index in [0.29, 0.717) is 19.4 Å². The van der Waals surface area contributed by atoms with Gasteiger partial charge in [-0.15, -0.1) is 0 Å². The van der Waals surface area contributed by atoms with Crippen LogP contribution in [0, 0.1) is 0 Å². The molecule has 0 aliphatic carbocycles. The molecule has 0 bridgehead atoms. The molecular formula is C21H23N3O2. The highest BCUT2D eigenvalue weighted by Crippen LogP contribution is 2.27. The lowest BCUT2D eigenvalue weighted by Gasteiger charge is -2.33. The zero-order valence-corrected chi connectivity index (χ0v) is 14.7. The van der Waals surface area contributed by atoms with E-state index in [1.165, 1.54) is 5.56 Å². The van der Waals surface area contributed by atoms with E-state index in [9.17, 15) is 9.59 Å². The Morgan fingerprint density at radius 3 is 2.69 bits per heavy atom. The monoisotopic (exact) mass is 349 g/mol. The molecular weight excluding hydrogens is 326 g/mol. The van der Waals surface area contributed by atoms with Crippen LogP contribution in [0.1, 0.15) is 30.0 Å². The third-order valence-corrected chi connectivity index (χ3v) is 5.22. The van der Waals surface area contributed by atoms with Crippen molar-refractivity contribution in [3.05, 3.63) is 65.7 Å². The minimum atomic E-state index is -0.174. The number of hydrogen-bond acceptors (Lipinski definition) is 3. The highest BCUT2D eigenvalue weighted by atomic mass is 16.2. The maximum atomic E-state index is 12.7. The van der Waals surface area contributed by atoms with E-state index in [0.717, 1.165) is 24.2 Å². The van der Waals surface area contributed by atoms with Crippen LogP contribution in [0.5, 0.6) is 0 Å². The van der Waals surface area contributed by atoms with Gasteiger partial charge in [-0.05, 0) is 30.0 Å². The quantitative estimate of drug-likeness (QED) is 0.889. The van der Waals surface area contributed by atoms with Crippen molar-refractivity contribution in [3.63, 3.8) is 0 Å². The Hall–Kier alpha value is -2.82. The third kappa shape index (κ3) is 3.43. The van der Waals surface area contributed by atoms with Crippen molar-refractivity contribution in [2.75, 3.05) is 18.0 Å². The van der Waals surface area contributed by atoms with Gasteiger partial charge in [0, 0.05) is 18.7 Å². The summed E-state index contributed by atoms with van der Waals surface area (Å²) >= 11 is 0. The number of piperidine rings is 1. The minimum Gasteiger partial charge on any atom is -0.362 e. The van der Waals surface area contributed by atoms with Crippen molar-refractivity contribution in [1.82, 2.24) is 10.6 Å². The molecule has 0 saturated carbocycles. The third-order valence-electron chi connectivity index (χ3n) is 5.22. The molecule has 2 atom stereocenters. The highest BCUT2D eigenvalue weighted by Gasteiger charge is 2.31. The maximum Gasteiger partial charge on any atom is 0.239 e. The Kier molecular flexibility index (Phi) is 4.61. The predicted octanol–water partition coefficient (Wildman–Crippen LogP) is 2.19. The number of fused-ring (bicyclic) bond motifs is 1. The largest absolute Gasteiger partial charge is 0.362 e. The van der Waals surface area contributed by atoms with Gasteiger partial charge in [0.1, 0.15) is 0 Å². The molecule has 0 spiro atoms. The average Bonchev–Trinajstić information content (AvgIpc) is 3.07. The van der Waals surface area contributed by atoms with Gasteiger partial charge in [0.05, 0.1) is 18.6 Å². The molecule has 2 aromatic carbocycles. The van der Waals surface area contributed by atoms with Crippen molar-refractivity contribution in [2.24, 2.45) is 0 Å². The van der Waals surface area contributed by atoms with Crippen LogP contribution in [0.2, 0.25) is 0 Å². The summed E-state index contributed by atoms with van der Waals surface area (Å²) in [5.41, 5.74) is 3.48. The van der Waals surface area contributed by atoms with Crippen molar-refractivity contribution in [2.45, 2.75) is 31.3 Å². The number of benzene rings is 2. The summed E-state index contributed by atoms with van der Waals surface area (Å²) in [6.07, 6.45) is 2.09. The summed E-state index contributed by atoms with van der Waals surface area (Å²) in [6, 6.07) is 17.8. The first-order valence-electron chi connectivity index (χ1n) is 9.17. The van der Waals surface area contributed by atoms with Gasteiger partial charge in [0.15, 0.2) is 0 Å². The molecule has 1 fully saturated rings. The Bertz CT molecular complexity index is 806. The van der Waals surface area contributed by atoms with Crippen LogP contribution in [0.25, 0.3) is 0 Å². The fourth-order valence-electron chi connectivity index (χ4n) is 3.93. The molecule has 2 aromatic rings. The summed E-state index contributed by atoms with van der Waals surface area (Å²) < 4.78 is 0. The van der Waals surface area contributed by atoms with E-state index < -0.39 is 0 Å². The zero-order chi connectivity index (χ0) is 17.9. The van der Waals surface area contributed by atoms with Crippen LogP contribution >= 0.6 is 0 Å². The fourth-order valence-corrected chi connectivity index (χ4v) is 3.93. The Morgan fingerprint density at radius 1 is 1.08 bits per heavy atom. The van der Waals surface area contributed by atoms with E-state index in [2.05, 4.69) is 27.7 Å². The molecule has 2 N–H and O–H groups in total. The van der Waals surface area contributed by atoms with Gasteiger partial charge in [0.25, 0.3) is 0 Å². The predicted molar refractivity (Wildman–Crippen MR) is 101 cm³/mol. The Labute approximate surface area is 153 Å². The van der Waals surface area contributed by atoms with E-state index in [1.54, 1.807) is 0 Å². The van der Waals surface area contributed by atoms with E-state index in [1.807, 2.05) is 42.5 Å². The molecule has 1 saturated heterocycles. The number of amides is 2. The molecule has 2 aliphatic heterocycles. The standard InChI is InChI=1S/C21H23N3O2/c25-19-11-10-17(21(23-19)16-7-2-1-3-8-16)22-20(26)14-24-13-12-15-6-4-5-9-18(15)24/h1-9,17,21H,10-14H2,(H,22,26)(H,23,25)/t17-,21+/m0/s1. The van der Waals surface area contributed by atoms with E-state index in [-0.39, 0.29) is 23.9 Å². The van der Waals surface area contributed by atoms with Crippen molar-refractivity contribution < 1.29 is 9.59 Å². The fraction of sp³-hybridized carbons (Fsp3) is 0.333. The first-order chi connectivity index (χ1) is 12.7. The van der Waals surface area contributed by atoms with Crippen molar-refractivity contribution in [3.8, 4) is 0 Å². The minimum absolute atomic E-state index is 0.00350. The van der Waals surface area contributed by atoms with Crippen molar-refractivity contribution >= 4 is 17.5 Å². The maximum absolute atomic E-state index is 12.7. The van der Waals surface area contributed by atoms with E-state index in [4.69, 9.17) is 0 Å². The second-order valence-electron chi connectivity index (χ2n) is 6.97. The van der Waals surface area contributed by atoms with Gasteiger partial charge in [-0.3, -0.25) is 9.59 Å². The lowest BCUT2D eigenvalue weighted by Crippen LogP contribution is -2.52. The highest BCUT2D eigenvalue weighted by molar-refractivity contribution is 5.83. The number of nitrogens with one attached hydrogen (secondary N) is 2. The number of carbonyl (C=O) groups is 2. The summed E-state index contributed by atoms with van der Waals surface area (Å²) in [6.45, 7) is 1.22. The van der Waals surface area contributed by atoms with Crippen LogP contribution in [0.15, 0.2) is 54.6 Å². The summed E-state index contributed by atoms with van der Waals surface area (Å²) in [5.74, 6) is 0.0432. The van der Waals surface area contributed by atoms with Crippen LogP contribution in [-0.4, -0.2) is 30.9 Å². The smallest absolute Gasteiger partial charge is 0.239 e. The van der Waals surface area contributed by atoms with Gasteiger partial charge >= 0.3 is 0 Å².